The van der Waals surface area contributed by atoms with Crippen molar-refractivity contribution in [3.8, 4) is 0 Å². The van der Waals surface area contributed by atoms with Gasteiger partial charge in [-0.05, 0) is 50.2 Å². The molecule has 1 fully saturated rings. The van der Waals surface area contributed by atoms with Crippen molar-refractivity contribution >= 4 is 0 Å². The molecule has 0 amide bonds. The summed E-state index contributed by atoms with van der Waals surface area (Å²) in [4.78, 5) is 0. The first kappa shape index (κ1) is 14.5. The Kier molecular flexibility index (Phi) is 4.97. The lowest BCUT2D eigenvalue weighted by molar-refractivity contribution is 0.168. The Hall–Kier alpha value is -0.900. The van der Waals surface area contributed by atoms with Gasteiger partial charge in [-0.2, -0.15) is 0 Å². The van der Waals surface area contributed by atoms with Crippen LogP contribution in [-0.4, -0.2) is 23.8 Å². The second-order valence-electron chi connectivity index (χ2n) is 5.84. The van der Waals surface area contributed by atoms with E-state index in [1.807, 2.05) is 6.92 Å². The summed E-state index contributed by atoms with van der Waals surface area (Å²) in [6.07, 6.45) is 3.08. The van der Waals surface area contributed by atoms with E-state index < -0.39 is 0 Å². The first-order chi connectivity index (χ1) is 9.11. The van der Waals surface area contributed by atoms with E-state index in [2.05, 4.69) is 36.5 Å². The number of aliphatic hydroxyl groups excluding tert-OH is 1. The molecule has 1 aromatic carbocycles. The molecule has 0 spiro atoms. The Morgan fingerprint density at radius 3 is 2.58 bits per heavy atom. The van der Waals surface area contributed by atoms with Crippen molar-refractivity contribution in [2.75, 3.05) is 6.54 Å². The third-order valence-corrected chi connectivity index (χ3v) is 3.80. The maximum atomic E-state index is 9.46. The molecular weight excluding hydrogens is 236 g/mol. The molecule has 0 aliphatic heterocycles. The molecule has 4 N–H and O–H groups in total. The zero-order chi connectivity index (χ0) is 13.8. The molecule has 0 heterocycles. The number of hydrogen-bond acceptors (Lipinski definition) is 3. The van der Waals surface area contributed by atoms with Crippen molar-refractivity contribution in [2.24, 2.45) is 5.73 Å². The van der Waals surface area contributed by atoms with Gasteiger partial charge in [-0.15, -0.1) is 0 Å². The van der Waals surface area contributed by atoms with Crippen LogP contribution >= 0.6 is 0 Å². The van der Waals surface area contributed by atoms with Gasteiger partial charge in [0, 0.05) is 18.6 Å². The standard InChI is InChI=1S/C16H26N2O/c1-11(9-12(2)19)18-16(10-17)15-6-4-3-5-14(15)13-7-8-13/h3-6,11-13,16,18-19H,7-10,17H2,1-2H3. The summed E-state index contributed by atoms with van der Waals surface area (Å²) < 4.78 is 0. The van der Waals surface area contributed by atoms with Crippen molar-refractivity contribution < 1.29 is 5.11 Å². The largest absolute Gasteiger partial charge is 0.393 e. The molecule has 3 atom stereocenters. The molecule has 0 aromatic heterocycles. The number of nitrogens with one attached hydrogen (secondary N) is 1. The Bertz CT molecular complexity index is 401. The summed E-state index contributed by atoms with van der Waals surface area (Å²) in [5, 5.41) is 13.0. The lowest BCUT2D eigenvalue weighted by Crippen LogP contribution is -2.37. The number of rotatable bonds is 7. The summed E-state index contributed by atoms with van der Waals surface area (Å²) in [5.41, 5.74) is 8.74. The zero-order valence-electron chi connectivity index (χ0n) is 12.0. The summed E-state index contributed by atoms with van der Waals surface area (Å²) in [7, 11) is 0. The van der Waals surface area contributed by atoms with Gasteiger partial charge in [-0.1, -0.05) is 24.3 Å². The number of benzene rings is 1. The lowest BCUT2D eigenvalue weighted by atomic mass is 9.96. The fourth-order valence-corrected chi connectivity index (χ4v) is 2.80. The molecular formula is C16H26N2O. The molecule has 1 aliphatic rings. The molecule has 106 valence electrons. The second-order valence-corrected chi connectivity index (χ2v) is 5.84. The smallest absolute Gasteiger partial charge is 0.0526 e. The van der Waals surface area contributed by atoms with Gasteiger partial charge < -0.3 is 16.2 Å². The molecule has 19 heavy (non-hydrogen) atoms. The highest BCUT2D eigenvalue weighted by Gasteiger charge is 2.28. The van der Waals surface area contributed by atoms with Gasteiger partial charge in [0.2, 0.25) is 0 Å². The second kappa shape index (κ2) is 6.51. The normalized spacial score (nSPS) is 20.0. The topological polar surface area (TPSA) is 58.3 Å². The van der Waals surface area contributed by atoms with Crippen molar-refractivity contribution in [1.82, 2.24) is 5.32 Å². The van der Waals surface area contributed by atoms with Crippen LogP contribution in [0.15, 0.2) is 24.3 Å². The fourth-order valence-electron chi connectivity index (χ4n) is 2.80. The van der Waals surface area contributed by atoms with Gasteiger partial charge >= 0.3 is 0 Å². The van der Waals surface area contributed by atoms with Crippen LogP contribution in [0.1, 0.15) is 56.2 Å². The molecule has 3 nitrogen and oxygen atoms in total. The average molecular weight is 262 g/mol. The van der Waals surface area contributed by atoms with Crippen LogP contribution < -0.4 is 11.1 Å². The Labute approximate surface area is 116 Å². The minimum Gasteiger partial charge on any atom is -0.393 e. The number of hydrogen-bond donors (Lipinski definition) is 3. The molecule has 1 aliphatic carbocycles. The van der Waals surface area contributed by atoms with E-state index in [4.69, 9.17) is 5.73 Å². The van der Waals surface area contributed by atoms with Gasteiger partial charge in [0.1, 0.15) is 0 Å². The van der Waals surface area contributed by atoms with Crippen LogP contribution in [0.4, 0.5) is 0 Å². The first-order valence-electron chi connectivity index (χ1n) is 7.34. The Morgan fingerprint density at radius 1 is 1.32 bits per heavy atom. The molecule has 1 aromatic rings. The van der Waals surface area contributed by atoms with E-state index in [1.54, 1.807) is 0 Å². The molecule has 3 heteroatoms. The van der Waals surface area contributed by atoms with Crippen LogP contribution in [0.25, 0.3) is 0 Å². The first-order valence-corrected chi connectivity index (χ1v) is 7.34. The van der Waals surface area contributed by atoms with E-state index in [1.165, 1.54) is 24.0 Å². The minimum absolute atomic E-state index is 0.186. The molecule has 0 saturated heterocycles. The average Bonchev–Trinajstić information content (AvgIpc) is 3.19. The Balaban J connectivity index is 2.08. The van der Waals surface area contributed by atoms with Crippen LogP contribution in [0.3, 0.4) is 0 Å². The highest BCUT2D eigenvalue weighted by molar-refractivity contribution is 5.35. The molecule has 0 radical (unpaired) electrons. The van der Waals surface area contributed by atoms with Gasteiger partial charge in [-0.25, -0.2) is 0 Å². The van der Waals surface area contributed by atoms with E-state index in [0.717, 1.165) is 12.3 Å². The monoisotopic (exact) mass is 262 g/mol. The van der Waals surface area contributed by atoms with Gasteiger partial charge in [0.05, 0.1) is 6.10 Å². The van der Waals surface area contributed by atoms with E-state index in [9.17, 15) is 5.11 Å². The SMILES string of the molecule is CC(O)CC(C)NC(CN)c1ccccc1C1CC1. The molecule has 3 unspecified atom stereocenters. The van der Waals surface area contributed by atoms with Crippen molar-refractivity contribution in [3.63, 3.8) is 0 Å². The maximum Gasteiger partial charge on any atom is 0.0526 e. The highest BCUT2D eigenvalue weighted by Crippen LogP contribution is 2.42. The number of aliphatic hydroxyl groups is 1. The zero-order valence-corrected chi connectivity index (χ0v) is 12.0. The quantitative estimate of drug-likeness (QED) is 0.707. The van der Waals surface area contributed by atoms with Crippen LogP contribution in [0.2, 0.25) is 0 Å². The third-order valence-electron chi connectivity index (χ3n) is 3.80. The van der Waals surface area contributed by atoms with E-state index >= 15 is 0 Å². The predicted molar refractivity (Wildman–Crippen MR) is 79.1 cm³/mol. The van der Waals surface area contributed by atoms with Crippen LogP contribution in [-0.2, 0) is 0 Å². The molecule has 1 saturated carbocycles. The number of nitrogens with two attached hydrogens (primary N) is 1. The van der Waals surface area contributed by atoms with Crippen molar-refractivity contribution in [2.45, 2.75) is 57.2 Å². The minimum atomic E-state index is -0.278. The van der Waals surface area contributed by atoms with Gasteiger partial charge in [0.15, 0.2) is 0 Å². The summed E-state index contributed by atoms with van der Waals surface area (Å²) >= 11 is 0. The van der Waals surface area contributed by atoms with Crippen LogP contribution in [0, 0.1) is 0 Å². The Morgan fingerprint density at radius 2 is 2.00 bits per heavy atom. The maximum absolute atomic E-state index is 9.46. The summed E-state index contributed by atoms with van der Waals surface area (Å²) in [6, 6.07) is 9.07. The van der Waals surface area contributed by atoms with Gasteiger partial charge in [-0.3, -0.25) is 0 Å². The lowest BCUT2D eigenvalue weighted by Gasteiger charge is -2.25. The van der Waals surface area contributed by atoms with Gasteiger partial charge in [0.25, 0.3) is 0 Å². The van der Waals surface area contributed by atoms with Crippen molar-refractivity contribution in [3.05, 3.63) is 35.4 Å². The predicted octanol–water partition coefficient (Wildman–Crippen LogP) is 2.31. The van der Waals surface area contributed by atoms with Crippen LogP contribution in [0.5, 0.6) is 0 Å². The molecule has 0 bridgehead atoms. The van der Waals surface area contributed by atoms with E-state index in [0.29, 0.717) is 6.54 Å². The highest BCUT2D eigenvalue weighted by atomic mass is 16.3. The van der Waals surface area contributed by atoms with Crippen molar-refractivity contribution in [1.29, 1.82) is 0 Å². The summed E-state index contributed by atoms with van der Waals surface area (Å²) in [6.45, 7) is 4.52. The fraction of sp³-hybridized carbons (Fsp3) is 0.625. The molecule has 2 rings (SSSR count). The van der Waals surface area contributed by atoms with E-state index in [-0.39, 0.29) is 18.2 Å². The third kappa shape index (κ3) is 4.03. The summed E-state index contributed by atoms with van der Waals surface area (Å²) in [5.74, 6) is 0.735.